The van der Waals surface area contributed by atoms with E-state index in [2.05, 4.69) is 10.6 Å². The monoisotopic (exact) mass is 236 g/mol. The first-order chi connectivity index (χ1) is 8.22. The molecule has 0 aliphatic carbocycles. The van der Waals surface area contributed by atoms with Crippen LogP contribution in [0.5, 0.6) is 0 Å². The molecule has 0 unspecified atom stereocenters. The molecule has 0 aliphatic rings. The molecule has 0 atom stereocenters. The van der Waals surface area contributed by atoms with Crippen molar-refractivity contribution in [1.29, 1.82) is 0 Å². The van der Waals surface area contributed by atoms with Gasteiger partial charge in [0.15, 0.2) is 0 Å². The van der Waals surface area contributed by atoms with Crippen molar-refractivity contribution in [2.45, 2.75) is 13.3 Å². The summed E-state index contributed by atoms with van der Waals surface area (Å²) in [5.74, 6) is -0.125. The molecular weight excluding hydrogens is 220 g/mol. The van der Waals surface area contributed by atoms with Gasteiger partial charge in [0.1, 0.15) is 6.61 Å². The standard InChI is InChI=1S/C12H16N2O3/c1-2-13-11(15)8-9-17-12(16)14-10-6-4-3-5-7-10/h3-7H,2,8-9H2,1H3,(H,13,15)(H,14,16). The molecule has 0 radical (unpaired) electrons. The number of ether oxygens (including phenoxy) is 1. The summed E-state index contributed by atoms with van der Waals surface area (Å²) in [6.45, 7) is 2.49. The lowest BCUT2D eigenvalue weighted by Gasteiger charge is -2.06. The number of para-hydroxylation sites is 1. The third-order valence-corrected chi connectivity index (χ3v) is 1.96. The highest BCUT2D eigenvalue weighted by molar-refractivity contribution is 5.84. The Morgan fingerprint density at radius 2 is 1.94 bits per heavy atom. The van der Waals surface area contributed by atoms with Gasteiger partial charge in [-0.15, -0.1) is 0 Å². The highest BCUT2D eigenvalue weighted by atomic mass is 16.5. The number of hydrogen-bond donors (Lipinski definition) is 2. The van der Waals surface area contributed by atoms with Crippen molar-refractivity contribution in [3.8, 4) is 0 Å². The van der Waals surface area contributed by atoms with Gasteiger partial charge in [-0.3, -0.25) is 10.1 Å². The quantitative estimate of drug-likeness (QED) is 0.818. The van der Waals surface area contributed by atoms with Crippen molar-refractivity contribution in [2.75, 3.05) is 18.5 Å². The van der Waals surface area contributed by atoms with Crippen LogP contribution in [-0.4, -0.2) is 25.2 Å². The van der Waals surface area contributed by atoms with Crippen LogP contribution in [0.1, 0.15) is 13.3 Å². The van der Waals surface area contributed by atoms with Crippen LogP contribution in [0.15, 0.2) is 30.3 Å². The van der Waals surface area contributed by atoms with Crippen molar-refractivity contribution in [3.05, 3.63) is 30.3 Å². The van der Waals surface area contributed by atoms with E-state index >= 15 is 0 Å². The van der Waals surface area contributed by atoms with Gasteiger partial charge in [-0.1, -0.05) is 18.2 Å². The summed E-state index contributed by atoms with van der Waals surface area (Å²) >= 11 is 0. The average molecular weight is 236 g/mol. The van der Waals surface area contributed by atoms with Crippen LogP contribution in [0.25, 0.3) is 0 Å². The second-order valence-corrected chi connectivity index (χ2v) is 3.33. The first-order valence-corrected chi connectivity index (χ1v) is 5.48. The zero-order valence-electron chi connectivity index (χ0n) is 9.73. The van der Waals surface area contributed by atoms with Crippen LogP contribution >= 0.6 is 0 Å². The average Bonchev–Trinajstić information content (AvgIpc) is 2.30. The van der Waals surface area contributed by atoms with Crippen LogP contribution in [0.2, 0.25) is 0 Å². The molecule has 0 heterocycles. The molecule has 17 heavy (non-hydrogen) atoms. The fraction of sp³-hybridized carbons (Fsp3) is 0.333. The molecule has 0 bridgehead atoms. The second kappa shape index (κ2) is 7.27. The Morgan fingerprint density at radius 3 is 2.59 bits per heavy atom. The van der Waals surface area contributed by atoms with Gasteiger partial charge in [0.2, 0.25) is 5.91 Å². The molecule has 1 aromatic rings. The number of hydrogen-bond acceptors (Lipinski definition) is 3. The van der Waals surface area contributed by atoms with E-state index in [1.54, 1.807) is 12.1 Å². The third-order valence-electron chi connectivity index (χ3n) is 1.96. The Kier molecular flexibility index (Phi) is 5.57. The van der Waals surface area contributed by atoms with Gasteiger partial charge in [0.05, 0.1) is 6.42 Å². The zero-order valence-corrected chi connectivity index (χ0v) is 9.73. The first-order valence-electron chi connectivity index (χ1n) is 5.48. The molecule has 92 valence electrons. The summed E-state index contributed by atoms with van der Waals surface area (Å²) in [6.07, 6.45) is -0.378. The third kappa shape index (κ3) is 5.55. The van der Waals surface area contributed by atoms with Gasteiger partial charge in [0.25, 0.3) is 0 Å². The molecule has 5 nitrogen and oxygen atoms in total. The number of carbonyl (C=O) groups excluding carboxylic acids is 2. The molecule has 2 N–H and O–H groups in total. The van der Waals surface area contributed by atoms with Gasteiger partial charge in [-0.25, -0.2) is 4.79 Å². The predicted molar refractivity (Wildman–Crippen MR) is 64.7 cm³/mol. The van der Waals surface area contributed by atoms with Gasteiger partial charge in [-0.2, -0.15) is 0 Å². The van der Waals surface area contributed by atoms with Crippen LogP contribution in [0.4, 0.5) is 10.5 Å². The SMILES string of the molecule is CCNC(=O)CCOC(=O)Nc1ccccc1. The lowest BCUT2D eigenvalue weighted by molar-refractivity contribution is -0.121. The Bertz CT molecular complexity index is 365. The van der Waals surface area contributed by atoms with E-state index in [1.165, 1.54) is 0 Å². The van der Waals surface area contributed by atoms with E-state index in [1.807, 2.05) is 25.1 Å². The van der Waals surface area contributed by atoms with E-state index in [0.717, 1.165) is 0 Å². The Hall–Kier alpha value is -2.04. The maximum Gasteiger partial charge on any atom is 0.411 e. The Morgan fingerprint density at radius 1 is 1.24 bits per heavy atom. The van der Waals surface area contributed by atoms with Crippen LogP contribution in [-0.2, 0) is 9.53 Å². The zero-order chi connectivity index (χ0) is 12.5. The number of rotatable bonds is 5. The molecule has 0 saturated heterocycles. The smallest absolute Gasteiger partial charge is 0.411 e. The lowest BCUT2D eigenvalue weighted by atomic mass is 10.3. The van der Waals surface area contributed by atoms with Crippen molar-refractivity contribution in [1.82, 2.24) is 5.32 Å². The maximum absolute atomic E-state index is 11.3. The number of nitrogens with one attached hydrogen (secondary N) is 2. The molecular formula is C12H16N2O3. The normalized spacial score (nSPS) is 9.47. The van der Waals surface area contributed by atoms with E-state index in [0.29, 0.717) is 12.2 Å². The fourth-order valence-corrected chi connectivity index (χ4v) is 1.20. The summed E-state index contributed by atoms with van der Waals surface area (Å²) < 4.78 is 4.85. The van der Waals surface area contributed by atoms with Gasteiger partial charge in [0, 0.05) is 12.2 Å². The molecule has 0 fully saturated rings. The first kappa shape index (κ1) is 13.0. The minimum absolute atomic E-state index is 0.0739. The molecule has 5 heteroatoms. The minimum atomic E-state index is -0.555. The van der Waals surface area contributed by atoms with Gasteiger partial charge >= 0.3 is 6.09 Å². The van der Waals surface area contributed by atoms with E-state index < -0.39 is 6.09 Å². The second-order valence-electron chi connectivity index (χ2n) is 3.33. The van der Waals surface area contributed by atoms with E-state index in [9.17, 15) is 9.59 Å². The van der Waals surface area contributed by atoms with Crippen LogP contribution in [0, 0.1) is 0 Å². The Labute approximate surface area is 100 Å². The van der Waals surface area contributed by atoms with Crippen molar-refractivity contribution in [3.63, 3.8) is 0 Å². The number of amides is 2. The molecule has 0 saturated carbocycles. The highest BCUT2D eigenvalue weighted by Gasteiger charge is 2.04. The molecule has 1 rings (SSSR count). The predicted octanol–water partition coefficient (Wildman–Crippen LogP) is 1.76. The van der Waals surface area contributed by atoms with E-state index in [4.69, 9.17) is 4.74 Å². The van der Waals surface area contributed by atoms with Crippen LogP contribution in [0.3, 0.4) is 0 Å². The fourth-order valence-electron chi connectivity index (χ4n) is 1.20. The maximum atomic E-state index is 11.3. The van der Waals surface area contributed by atoms with E-state index in [-0.39, 0.29) is 18.9 Å². The summed E-state index contributed by atoms with van der Waals surface area (Å²) in [4.78, 5) is 22.3. The van der Waals surface area contributed by atoms with Crippen molar-refractivity contribution >= 4 is 17.7 Å². The molecule has 0 aromatic heterocycles. The topological polar surface area (TPSA) is 67.4 Å². The lowest BCUT2D eigenvalue weighted by Crippen LogP contribution is -2.25. The number of benzene rings is 1. The van der Waals surface area contributed by atoms with Crippen molar-refractivity contribution in [2.24, 2.45) is 0 Å². The van der Waals surface area contributed by atoms with Gasteiger partial charge < -0.3 is 10.1 Å². The molecule has 2 amide bonds. The summed E-state index contributed by atoms with van der Waals surface area (Å²) in [7, 11) is 0. The summed E-state index contributed by atoms with van der Waals surface area (Å²) in [5.41, 5.74) is 0.663. The highest BCUT2D eigenvalue weighted by Crippen LogP contribution is 2.05. The Balaban J connectivity index is 2.20. The summed E-state index contributed by atoms with van der Waals surface area (Å²) in [6, 6.07) is 8.98. The number of anilines is 1. The minimum Gasteiger partial charge on any atom is -0.449 e. The summed E-state index contributed by atoms with van der Waals surface area (Å²) in [5, 5.41) is 5.17. The number of carbonyl (C=O) groups is 2. The van der Waals surface area contributed by atoms with Gasteiger partial charge in [-0.05, 0) is 19.1 Å². The molecule has 0 spiro atoms. The molecule has 0 aliphatic heterocycles. The van der Waals surface area contributed by atoms with Crippen molar-refractivity contribution < 1.29 is 14.3 Å². The largest absolute Gasteiger partial charge is 0.449 e. The molecule has 1 aromatic carbocycles. The van der Waals surface area contributed by atoms with Crippen LogP contribution < -0.4 is 10.6 Å².